The number of hydrogen-bond donors (Lipinski definition) is 2. The second-order valence-corrected chi connectivity index (χ2v) is 8.27. The van der Waals surface area contributed by atoms with Crippen LogP contribution in [-0.2, 0) is 6.42 Å². The summed E-state index contributed by atoms with van der Waals surface area (Å²) in [5.74, 6) is 0.390. The van der Waals surface area contributed by atoms with Crippen molar-refractivity contribution in [3.05, 3.63) is 100 Å². The van der Waals surface area contributed by atoms with Gasteiger partial charge in [0.2, 0.25) is 0 Å². The molecule has 1 aliphatic carbocycles. The van der Waals surface area contributed by atoms with Gasteiger partial charge in [0.15, 0.2) is 0 Å². The van der Waals surface area contributed by atoms with Crippen LogP contribution in [0.25, 0.3) is 11.3 Å². The highest BCUT2D eigenvalue weighted by Gasteiger charge is 2.29. The van der Waals surface area contributed by atoms with E-state index in [1.807, 2.05) is 19.1 Å². The van der Waals surface area contributed by atoms with Crippen LogP contribution < -0.4 is 5.32 Å². The van der Waals surface area contributed by atoms with Crippen molar-refractivity contribution in [1.82, 2.24) is 5.32 Å². The lowest BCUT2D eigenvalue weighted by molar-refractivity contribution is 0.468. The number of halogens is 1. The lowest BCUT2D eigenvalue weighted by Crippen LogP contribution is -2.15. The Morgan fingerprint density at radius 1 is 0.926 bits per heavy atom. The van der Waals surface area contributed by atoms with Gasteiger partial charge < -0.3 is 10.4 Å². The molecular weight excluding hydrogens is 445 g/mol. The van der Waals surface area contributed by atoms with E-state index in [1.165, 1.54) is 27.8 Å². The van der Waals surface area contributed by atoms with Gasteiger partial charge in [0, 0.05) is 12.0 Å². The van der Waals surface area contributed by atoms with E-state index >= 15 is 0 Å². The quantitative estimate of drug-likeness (QED) is 0.274. The maximum absolute atomic E-state index is 10.9. The maximum atomic E-state index is 10.9. The molecular formula is C24H22INO. The molecule has 0 aromatic heterocycles. The van der Waals surface area contributed by atoms with Gasteiger partial charge in [0.1, 0.15) is 9.80 Å². The van der Waals surface area contributed by atoms with Crippen LogP contribution in [0.3, 0.4) is 0 Å². The predicted molar refractivity (Wildman–Crippen MR) is 121 cm³/mol. The van der Waals surface area contributed by atoms with Crippen molar-refractivity contribution in [1.29, 1.82) is 0 Å². The summed E-state index contributed by atoms with van der Waals surface area (Å²) in [7, 11) is 0. The molecule has 1 aliphatic rings. The van der Waals surface area contributed by atoms with Crippen LogP contribution in [0.4, 0.5) is 0 Å². The van der Waals surface area contributed by atoms with Gasteiger partial charge in [-0.3, -0.25) is 0 Å². The van der Waals surface area contributed by atoms with Crippen LogP contribution >= 0.6 is 22.6 Å². The van der Waals surface area contributed by atoms with E-state index in [9.17, 15) is 5.11 Å². The Balaban J connectivity index is 1.85. The number of hydrogen-bond acceptors (Lipinski definition) is 2. The minimum absolute atomic E-state index is 0.115. The van der Waals surface area contributed by atoms with Gasteiger partial charge in [-0.1, -0.05) is 89.3 Å². The molecule has 0 aliphatic heterocycles. The average Bonchev–Trinajstić information content (AvgIpc) is 3.07. The number of aromatic hydroxyl groups is 1. The number of benzene rings is 3. The fourth-order valence-corrected chi connectivity index (χ4v) is 4.53. The Morgan fingerprint density at radius 3 is 2.22 bits per heavy atom. The second kappa shape index (κ2) is 7.39. The molecule has 3 heteroatoms. The van der Waals surface area contributed by atoms with Crippen molar-refractivity contribution >= 4 is 33.9 Å². The van der Waals surface area contributed by atoms with E-state index < -0.39 is 0 Å². The molecule has 0 fully saturated rings. The summed E-state index contributed by atoms with van der Waals surface area (Å²) in [5, 5.41) is 14.6. The lowest BCUT2D eigenvalue weighted by atomic mass is 9.98. The zero-order chi connectivity index (χ0) is 19.0. The van der Waals surface area contributed by atoms with Crippen LogP contribution in [0.5, 0.6) is 5.75 Å². The van der Waals surface area contributed by atoms with E-state index in [4.69, 9.17) is 0 Å². The van der Waals surface area contributed by atoms with Gasteiger partial charge in [-0.25, -0.2) is 0 Å². The van der Waals surface area contributed by atoms with Gasteiger partial charge in [0.05, 0.1) is 5.70 Å². The third kappa shape index (κ3) is 3.36. The summed E-state index contributed by atoms with van der Waals surface area (Å²) in [5.41, 5.74) is 9.04. The highest BCUT2D eigenvalue weighted by atomic mass is 127. The number of aryl methyl sites for hydroxylation is 2. The largest absolute Gasteiger partial charge is 0.507 e. The number of fused-ring (bicyclic) bond motifs is 1. The van der Waals surface area contributed by atoms with Crippen molar-refractivity contribution in [2.45, 2.75) is 24.3 Å². The highest BCUT2D eigenvalue weighted by Crippen LogP contribution is 2.45. The predicted octanol–water partition coefficient (Wildman–Crippen LogP) is 6.16. The number of phenols is 1. The first-order valence-electron chi connectivity index (χ1n) is 9.12. The zero-order valence-corrected chi connectivity index (χ0v) is 17.6. The van der Waals surface area contributed by atoms with E-state index in [1.54, 1.807) is 0 Å². The molecule has 1 atom stereocenters. The Hall–Kier alpha value is -2.27. The topological polar surface area (TPSA) is 32.3 Å². The molecule has 3 aromatic rings. The van der Waals surface area contributed by atoms with Crippen LogP contribution in [0.1, 0.15) is 37.4 Å². The Morgan fingerprint density at radius 2 is 1.56 bits per heavy atom. The molecule has 2 nitrogen and oxygen atoms in total. The second-order valence-electron chi connectivity index (χ2n) is 7.03. The van der Waals surface area contributed by atoms with Crippen molar-refractivity contribution in [2.75, 3.05) is 0 Å². The molecule has 0 saturated carbocycles. The smallest absolute Gasteiger partial charge is 0.128 e. The fraction of sp³-hybridized carbons (Fsp3) is 0.167. The number of nitrogens with one attached hydrogen (secondary N) is 1. The third-order valence-corrected chi connectivity index (χ3v) is 6.24. The maximum Gasteiger partial charge on any atom is 0.128 e. The molecule has 4 rings (SSSR count). The standard InChI is InChI=1S/C24H22INO/c1-15-13-16(2)23(27)21-19(15)14-20(17-9-5-3-6-10-17)22(21)26-24(25)18-11-7-4-8-12-18/h3-13,24,26-27H,14H2,1-2H3. The summed E-state index contributed by atoms with van der Waals surface area (Å²) in [6.45, 7) is 4.11. The monoisotopic (exact) mass is 467 g/mol. The molecule has 27 heavy (non-hydrogen) atoms. The summed E-state index contributed by atoms with van der Waals surface area (Å²) in [6, 6.07) is 23.0. The van der Waals surface area contributed by atoms with Crippen molar-refractivity contribution in [2.24, 2.45) is 0 Å². The van der Waals surface area contributed by atoms with Crippen molar-refractivity contribution in [3.63, 3.8) is 0 Å². The van der Waals surface area contributed by atoms with Crippen molar-refractivity contribution < 1.29 is 5.11 Å². The van der Waals surface area contributed by atoms with Gasteiger partial charge in [-0.2, -0.15) is 0 Å². The summed E-state index contributed by atoms with van der Waals surface area (Å²) in [6.07, 6.45) is 0.833. The molecule has 0 bridgehead atoms. The minimum atomic E-state index is 0.115. The first-order valence-corrected chi connectivity index (χ1v) is 10.4. The molecule has 0 radical (unpaired) electrons. The van der Waals surface area contributed by atoms with E-state index in [-0.39, 0.29) is 4.05 Å². The SMILES string of the molecule is Cc1cc(C)c2c(c1O)C(NC(I)c1ccccc1)=C(c1ccccc1)C2. The van der Waals surface area contributed by atoms with E-state index in [2.05, 4.69) is 89.4 Å². The minimum Gasteiger partial charge on any atom is -0.507 e. The average molecular weight is 467 g/mol. The molecule has 1 unspecified atom stereocenters. The lowest BCUT2D eigenvalue weighted by Gasteiger charge is -2.19. The van der Waals surface area contributed by atoms with Gasteiger partial charge in [-0.05, 0) is 47.2 Å². The van der Waals surface area contributed by atoms with Gasteiger partial charge in [-0.15, -0.1) is 0 Å². The number of rotatable bonds is 4. The Bertz CT molecular complexity index is 1010. The van der Waals surface area contributed by atoms with Crippen molar-refractivity contribution in [3.8, 4) is 5.75 Å². The first kappa shape index (κ1) is 18.1. The van der Waals surface area contributed by atoms with E-state index in [0.29, 0.717) is 5.75 Å². The first-order chi connectivity index (χ1) is 13.1. The zero-order valence-electron chi connectivity index (χ0n) is 15.5. The number of alkyl halides is 1. The summed E-state index contributed by atoms with van der Waals surface area (Å²) < 4.78 is 0.115. The van der Waals surface area contributed by atoms with Crippen LogP contribution in [0.2, 0.25) is 0 Å². The summed E-state index contributed by atoms with van der Waals surface area (Å²) in [4.78, 5) is 0. The van der Waals surface area contributed by atoms with Crippen LogP contribution in [0.15, 0.2) is 66.7 Å². The number of phenolic OH excluding ortho intramolecular Hbond substituents is 1. The molecule has 0 saturated heterocycles. The fourth-order valence-electron chi connectivity index (χ4n) is 3.81. The van der Waals surface area contributed by atoms with E-state index in [0.717, 1.165) is 23.2 Å². The summed E-state index contributed by atoms with van der Waals surface area (Å²) >= 11 is 2.43. The molecule has 0 heterocycles. The normalized spacial score (nSPS) is 14.2. The molecule has 3 aromatic carbocycles. The third-order valence-electron chi connectivity index (χ3n) is 5.21. The van der Waals surface area contributed by atoms with Gasteiger partial charge >= 0.3 is 0 Å². The van der Waals surface area contributed by atoms with Crippen LogP contribution in [-0.4, -0.2) is 5.11 Å². The Labute approximate surface area is 174 Å². The molecule has 0 amide bonds. The van der Waals surface area contributed by atoms with Gasteiger partial charge in [0.25, 0.3) is 0 Å². The Kier molecular flexibility index (Phi) is 4.96. The van der Waals surface area contributed by atoms with Crippen LogP contribution in [0, 0.1) is 13.8 Å². The molecule has 2 N–H and O–H groups in total. The molecule has 0 spiro atoms. The number of allylic oxidation sites excluding steroid dienone is 1. The molecule has 136 valence electrons. The highest BCUT2D eigenvalue weighted by molar-refractivity contribution is 14.1.